The standard InChI is InChI=1S/C25H21NO7/c1-26-19-11-14(32-2)9-8-13(19)10-18(25(26)31)17(12-20(27)33-3)21-22(28)15-6-4-5-7-16(15)23(29)24(21)30/h4-11,17,28H,12H2,1-3H3/t17-/m1/s1. The quantitative estimate of drug-likeness (QED) is 0.473. The van der Waals surface area contributed by atoms with Gasteiger partial charge in [-0.3, -0.25) is 19.2 Å². The number of aromatic nitrogens is 1. The van der Waals surface area contributed by atoms with E-state index in [0.717, 1.165) is 0 Å². The maximum atomic E-state index is 13.3. The summed E-state index contributed by atoms with van der Waals surface area (Å²) in [6.45, 7) is 0. The van der Waals surface area contributed by atoms with E-state index < -0.39 is 41.2 Å². The summed E-state index contributed by atoms with van der Waals surface area (Å²) in [5, 5.41) is 11.6. The van der Waals surface area contributed by atoms with Crippen LogP contribution < -0.4 is 10.3 Å². The third-order valence-corrected chi connectivity index (χ3v) is 5.92. The summed E-state index contributed by atoms with van der Waals surface area (Å²) >= 11 is 0. The number of aliphatic hydroxyl groups is 1. The molecule has 3 aromatic rings. The van der Waals surface area contributed by atoms with E-state index in [4.69, 9.17) is 9.47 Å². The summed E-state index contributed by atoms with van der Waals surface area (Å²) in [6.07, 6.45) is -0.409. The average molecular weight is 447 g/mol. The Hall–Kier alpha value is -4.20. The molecule has 0 spiro atoms. The molecule has 0 saturated heterocycles. The highest BCUT2D eigenvalue weighted by Gasteiger charge is 2.39. The van der Waals surface area contributed by atoms with Crippen molar-refractivity contribution in [1.29, 1.82) is 0 Å². The second kappa shape index (κ2) is 8.38. The lowest BCUT2D eigenvalue weighted by Crippen LogP contribution is -2.32. The molecule has 1 atom stereocenters. The Morgan fingerprint density at radius 1 is 1.00 bits per heavy atom. The number of esters is 1. The lowest BCUT2D eigenvalue weighted by molar-refractivity contribution is -0.140. The number of carbonyl (C=O) groups is 3. The molecule has 0 fully saturated rings. The number of carbonyl (C=O) groups excluding carboxylic acids is 3. The van der Waals surface area contributed by atoms with Gasteiger partial charge in [-0.15, -0.1) is 0 Å². The first-order chi connectivity index (χ1) is 15.8. The van der Waals surface area contributed by atoms with E-state index in [1.807, 2.05) is 0 Å². The van der Waals surface area contributed by atoms with Crippen LogP contribution in [0.1, 0.15) is 33.8 Å². The Morgan fingerprint density at radius 3 is 2.36 bits per heavy atom. The summed E-state index contributed by atoms with van der Waals surface area (Å²) in [5.41, 5.74) is 0.128. The number of ether oxygens (including phenoxy) is 2. The second-order valence-electron chi connectivity index (χ2n) is 7.69. The van der Waals surface area contributed by atoms with Crippen LogP contribution in [0.25, 0.3) is 16.7 Å². The van der Waals surface area contributed by atoms with Crippen LogP contribution in [0.15, 0.2) is 58.9 Å². The molecule has 1 aliphatic carbocycles. The predicted octanol–water partition coefficient (Wildman–Crippen LogP) is 2.93. The van der Waals surface area contributed by atoms with Gasteiger partial charge in [0.15, 0.2) is 0 Å². The van der Waals surface area contributed by atoms with Gasteiger partial charge >= 0.3 is 5.97 Å². The first-order valence-corrected chi connectivity index (χ1v) is 10.1. The zero-order valence-electron chi connectivity index (χ0n) is 18.2. The monoisotopic (exact) mass is 447 g/mol. The molecule has 8 heteroatoms. The lowest BCUT2D eigenvalue weighted by Gasteiger charge is -2.24. The third-order valence-electron chi connectivity index (χ3n) is 5.92. The van der Waals surface area contributed by atoms with Gasteiger partial charge in [0.05, 0.1) is 31.7 Å². The number of benzene rings is 2. The molecule has 0 bridgehead atoms. The van der Waals surface area contributed by atoms with Crippen LogP contribution in [0.3, 0.4) is 0 Å². The van der Waals surface area contributed by atoms with Crippen molar-refractivity contribution in [2.24, 2.45) is 7.05 Å². The average Bonchev–Trinajstić information content (AvgIpc) is 2.84. The number of methoxy groups -OCH3 is 2. The Labute approximate surface area is 188 Å². The molecule has 1 heterocycles. The van der Waals surface area contributed by atoms with Crippen LogP contribution in [0, 0.1) is 0 Å². The van der Waals surface area contributed by atoms with Crippen molar-refractivity contribution >= 4 is 34.2 Å². The van der Waals surface area contributed by atoms with E-state index in [-0.39, 0.29) is 22.3 Å². The Bertz CT molecular complexity index is 1410. The predicted molar refractivity (Wildman–Crippen MR) is 120 cm³/mol. The van der Waals surface area contributed by atoms with Crippen molar-refractivity contribution in [2.45, 2.75) is 12.3 Å². The first kappa shape index (κ1) is 22.0. The molecular formula is C25H21NO7. The van der Waals surface area contributed by atoms with E-state index >= 15 is 0 Å². The fourth-order valence-corrected chi connectivity index (χ4v) is 4.17. The summed E-state index contributed by atoms with van der Waals surface area (Å²) in [7, 11) is 4.25. The van der Waals surface area contributed by atoms with Crippen molar-refractivity contribution in [3.8, 4) is 5.75 Å². The number of nitrogens with zero attached hydrogens (tertiary/aromatic N) is 1. The molecule has 2 aromatic carbocycles. The van der Waals surface area contributed by atoms with Crippen LogP contribution in [0.4, 0.5) is 0 Å². The lowest BCUT2D eigenvalue weighted by atomic mass is 9.78. The summed E-state index contributed by atoms with van der Waals surface area (Å²) in [6, 6.07) is 12.9. The van der Waals surface area contributed by atoms with E-state index in [0.29, 0.717) is 16.7 Å². The molecule has 1 aromatic heterocycles. The molecule has 33 heavy (non-hydrogen) atoms. The second-order valence-corrected chi connectivity index (χ2v) is 7.69. The minimum Gasteiger partial charge on any atom is -0.507 e. The number of ketones is 2. The molecule has 0 unspecified atom stereocenters. The third kappa shape index (κ3) is 3.59. The van der Waals surface area contributed by atoms with Gasteiger partial charge in [0, 0.05) is 35.7 Å². The van der Waals surface area contributed by atoms with Crippen molar-refractivity contribution in [2.75, 3.05) is 14.2 Å². The number of aliphatic hydroxyl groups excluding tert-OH is 1. The zero-order chi connectivity index (χ0) is 23.9. The number of aryl methyl sites for hydroxylation is 1. The number of rotatable bonds is 5. The Morgan fingerprint density at radius 2 is 1.70 bits per heavy atom. The molecule has 1 N–H and O–H groups in total. The zero-order valence-corrected chi connectivity index (χ0v) is 18.2. The van der Waals surface area contributed by atoms with Crippen LogP contribution in [0.2, 0.25) is 0 Å². The van der Waals surface area contributed by atoms with E-state index in [2.05, 4.69) is 0 Å². The van der Waals surface area contributed by atoms with Crippen molar-refractivity contribution in [3.63, 3.8) is 0 Å². The fourth-order valence-electron chi connectivity index (χ4n) is 4.17. The molecule has 8 nitrogen and oxygen atoms in total. The van der Waals surface area contributed by atoms with Gasteiger partial charge in [-0.05, 0) is 23.6 Å². The number of allylic oxidation sites excluding steroid dienone is 1. The highest BCUT2D eigenvalue weighted by molar-refractivity contribution is 6.52. The number of hydrogen-bond donors (Lipinski definition) is 1. The maximum Gasteiger partial charge on any atom is 0.306 e. The van der Waals surface area contributed by atoms with Gasteiger partial charge in [-0.25, -0.2) is 0 Å². The number of Topliss-reactive ketones (excluding diaryl/α,β-unsaturated/α-hetero) is 2. The molecule has 0 aliphatic heterocycles. The summed E-state index contributed by atoms with van der Waals surface area (Å²) in [5.74, 6) is -3.53. The number of hydrogen-bond acceptors (Lipinski definition) is 7. The highest BCUT2D eigenvalue weighted by atomic mass is 16.5. The van der Waals surface area contributed by atoms with Gasteiger partial charge in [-0.2, -0.15) is 0 Å². The van der Waals surface area contributed by atoms with Crippen molar-refractivity contribution in [1.82, 2.24) is 4.57 Å². The fraction of sp³-hybridized carbons (Fsp3) is 0.200. The Balaban J connectivity index is 2.00. The highest BCUT2D eigenvalue weighted by Crippen LogP contribution is 2.38. The smallest absolute Gasteiger partial charge is 0.306 e. The molecule has 1 aliphatic rings. The van der Waals surface area contributed by atoms with Crippen LogP contribution >= 0.6 is 0 Å². The molecule has 0 radical (unpaired) electrons. The van der Waals surface area contributed by atoms with Crippen LogP contribution in [-0.2, 0) is 21.4 Å². The minimum atomic E-state index is -1.19. The van der Waals surface area contributed by atoms with Crippen molar-refractivity contribution in [3.05, 3.63) is 81.1 Å². The van der Waals surface area contributed by atoms with Gasteiger partial charge in [-0.1, -0.05) is 24.3 Å². The SMILES string of the molecule is COC(=O)C[C@@H](C1=C(O)c2ccccc2C(=O)C1=O)c1cc2ccc(OC)cc2n(C)c1=O. The van der Waals surface area contributed by atoms with Crippen LogP contribution in [-0.4, -0.2) is 41.4 Å². The minimum absolute atomic E-state index is 0.0686. The van der Waals surface area contributed by atoms with Crippen molar-refractivity contribution < 1.29 is 29.0 Å². The van der Waals surface area contributed by atoms with Gasteiger partial charge in [0.25, 0.3) is 5.56 Å². The molecule has 0 amide bonds. The van der Waals surface area contributed by atoms with E-state index in [1.165, 1.54) is 30.9 Å². The largest absolute Gasteiger partial charge is 0.507 e. The van der Waals surface area contributed by atoms with Gasteiger partial charge in [0.2, 0.25) is 11.6 Å². The topological polar surface area (TPSA) is 112 Å². The summed E-state index contributed by atoms with van der Waals surface area (Å²) in [4.78, 5) is 51.5. The first-order valence-electron chi connectivity index (χ1n) is 10.1. The molecule has 4 rings (SSSR count). The van der Waals surface area contributed by atoms with Crippen LogP contribution in [0.5, 0.6) is 5.75 Å². The van der Waals surface area contributed by atoms with Gasteiger partial charge in [0.1, 0.15) is 11.5 Å². The van der Waals surface area contributed by atoms with E-state index in [1.54, 1.807) is 43.4 Å². The molecular weight excluding hydrogens is 426 g/mol. The van der Waals surface area contributed by atoms with E-state index in [9.17, 15) is 24.3 Å². The summed E-state index contributed by atoms with van der Waals surface area (Å²) < 4.78 is 11.4. The molecule has 0 saturated carbocycles. The number of fused-ring (bicyclic) bond motifs is 2. The van der Waals surface area contributed by atoms with Gasteiger partial charge < -0.3 is 19.1 Å². The molecule has 168 valence electrons. The Kier molecular flexibility index (Phi) is 5.59. The number of pyridine rings is 1. The maximum absolute atomic E-state index is 13.3. The normalized spacial score (nSPS) is 14.3.